The van der Waals surface area contributed by atoms with Crippen molar-refractivity contribution in [3.05, 3.63) is 68.9 Å². The summed E-state index contributed by atoms with van der Waals surface area (Å²) in [7, 11) is 0. The van der Waals surface area contributed by atoms with Gasteiger partial charge in [0.25, 0.3) is 0 Å². The van der Waals surface area contributed by atoms with E-state index in [1.165, 1.54) is 28.8 Å². The quantitative estimate of drug-likeness (QED) is 0.638. The maximum absolute atomic E-state index is 5.67. The number of nitrogens with zero attached hydrogens (tertiary/aromatic N) is 4. The lowest BCUT2D eigenvalue weighted by atomic mass is 9.94. The van der Waals surface area contributed by atoms with E-state index in [0.29, 0.717) is 6.04 Å². The molecule has 1 aliphatic heterocycles. The zero-order valence-electron chi connectivity index (χ0n) is 13.9. The van der Waals surface area contributed by atoms with Crippen LogP contribution in [-0.2, 0) is 13.1 Å². The molecule has 25 heavy (non-hydrogen) atoms. The lowest BCUT2D eigenvalue weighted by molar-refractivity contribution is 0.156. The first-order chi connectivity index (χ1) is 12.3. The van der Waals surface area contributed by atoms with Gasteiger partial charge in [0.05, 0.1) is 12.7 Å². The fourth-order valence-corrected chi connectivity index (χ4v) is 4.97. The topological polar surface area (TPSA) is 26.0 Å². The van der Waals surface area contributed by atoms with Gasteiger partial charge in [0.2, 0.25) is 0 Å². The third-order valence-electron chi connectivity index (χ3n) is 5.19. The Morgan fingerprint density at radius 2 is 2.00 bits per heavy atom. The summed E-state index contributed by atoms with van der Waals surface area (Å²) in [5, 5.41) is 6.80. The molecule has 1 aliphatic carbocycles. The van der Waals surface area contributed by atoms with Crippen LogP contribution in [0.25, 0.3) is 0 Å². The van der Waals surface area contributed by atoms with E-state index in [0.717, 1.165) is 24.4 Å². The monoisotopic (exact) mass is 368 g/mol. The number of hydrogen-bond acceptors (Lipinski definition) is 4. The molecule has 6 heteroatoms. The van der Waals surface area contributed by atoms with E-state index in [4.69, 9.17) is 12.2 Å². The average Bonchev–Trinajstić information content (AvgIpc) is 3.26. The molecule has 0 spiro atoms. The number of thiophene rings is 1. The predicted molar refractivity (Wildman–Crippen MR) is 102 cm³/mol. The van der Waals surface area contributed by atoms with E-state index in [1.807, 2.05) is 22.3 Å². The van der Waals surface area contributed by atoms with E-state index < -0.39 is 0 Å². The van der Waals surface area contributed by atoms with Gasteiger partial charge in [-0.3, -0.25) is 4.90 Å². The van der Waals surface area contributed by atoms with Crippen LogP contribution in [0.2, 0.25) is 0 Å². The molecule has 0 N–H and O–H groups in total. The van der Waals surface area contributed by atoms with Crippen LogP contribution < -0.4 is 0 Å². The molecule has 2 aromatic heterocycles. The molecule has 128 valence electrons. The Morgan fingerprint density at radius 3 is 2.80 bits per heavy atom. The first kappa shape index (κ1) is 15.5. The minimum atomic E-state index is 0.282. The highest BCUT2D eigenvalue weighted by Gasteiger charge is 2.31. The van der Waals surface area contributed by atoms with Crippen molar-refractivity contribution in [2.45, 2.75) is 38.0 Å². The molecule has 1 atom stereocenters. The van der Waals surface area contributed by atoms with Crippen molar-refractivity contribution in [1.82, 2.24) is 19.2 Å². The second kappa shape index (κ2) is 6.20. The molecule has 2 aliphatic rings. The van der Waals surface area contributed by atoms with Crippen LogP contribution in [0.4, 0.5) is 0 Å². The number of hydrogen-bond donors (Lipinski definition) is 0. The lowest BCUT2D eigenvalue weighted by Gasteiger charge is -2.36. The van der Waals surface area contributed by atoms with E-state index in [2.05, 4.69) is 56.3 Å². The largest absolute Gasteiger partial charge is 0.303 e. The molecule has 1 aromatic carbocycles. The normalized spacial score (nSPS) is 20.6. The van der Waals surface area contributed by atoms with Crippen molar-refractivity contribution < 1.29 is 0 Å². The third kappa shape index (κ3) is 2.78. The number of benzene rings is 1. The number of rotatable bonds is 4. The summed E-state index contributed by atoms with van der Waals surface area (Å²) in [6.07, 6.45) is 5.48. The van der Waals surface area contributed by atoms with Crippen LogP contribution in [0, 0.1) is 4.77 Å². The Morgan fingerprint density at radius 1 is 1.16 bits per heavy atom. The second-order valence-electron chi connectivity index (χ2n) is 6.87. The van der Waals surface area contributed by atoms with Gasteiger partial charge in [-0.15, -0.1) is 11.3 Å². The first-order valence-corrected chi connectivity index (χ1v) is 10.1. The molecule has 1 fully saturated rings. The van der Waals surface area contributed by atoms with Crippen molar-refractivity contribution in [2.24, 2.45) is 0 Å². The zero-order valence-corrected chi connectivity index (χ0v) is 15.5. The SMILES string of the molecule is S=c1n(C2CC2)cnn1CN1CCc2sccc2C1c1ccccc1. The van der Waals surface area contributed by atoms with Gasteiger partial charge in [0, 0.05) is 17.5 Å². The fraction of sp³-hybridized carbons (Fsp3) is 0.368. The standard InChI is InChI=1S/C19H20N4S2/c24-19-22(15-6-7-15)12-20-23(19)13-21-10-8-17-16(9-11-25-17)18(21)14-4-2-1-3-5-14/h1-5,9,11-12,15,18H,6-8,10,13H2. The van der Waals surface area contributed by atoms with Crippen molar-refractivity contribution in [2.75, 3.05) is 6.54 Å². The summed E-state index contributed by atoms with van der Waals surface area (Å²) in [6, 6.07) is 13.9. The van der Waals surface area contributed by atoms with Gasteiger partial charge in [0.1, 0.15) is 6.33 Å². The molecule has 0 bridgehead atoms. The summed E-state index contributed by atoms with van der Waals surface area (Å²) in [6.45, 7) is 1.78. The van der Waals surface area contributed by atoms with Gasteiger partial charge in [-0.2, -0.15) is 5.10 Å². The molecule has 4 nitrogen and oxygen atoms in total. The predicted octanol–water partition coefficient (Wildman–Crippen LogP) is 4.42. The third-order valence-corrected chi connectivity index (χ3v) is 6.61. The van der Waals surface area contributed by atoms with Gasteiger partial charge >= 0.3 is 0 Å². The summed E-state index contributed by atoms with van der Waals surface area (Å²) < 4.78 is 5.00. The molecule has 1 unspecified atom stereocenters. The minimum Gasteiger partial charge on any atom is -0.303 e. The fourth-order valence-electron chi connectivity index (χ4n) is 3.77. The van der Waals surface area contributed by atoms with Crippen LogP contribution in [0.3, 0.4) is 0 Å². The Balaban J connectivity index is 1.50. The zero-order chi connectivity index (χ0) is 16.8. The van der Waals surface area contributed by atoms with Crippen molar-refractivity contribution >= 4 is 23.6 Å². The Bertz CT molecular complexity index is 936. The summed E-state index contributed by atoms with van der Waals surface area (Å²) in [5.74, 6) is 0. The highest BCUT2D eigenvalue weighted by Crippen LogP contribution is 2.38. The Kier molecular flexibility index (Phi) is 3.84. The maximum Gasteiger partial charge on any atom is 0.199 e. The molecule has 3 aromatic rings. The highest BCUT2D eigenvalue weighted by molar-refractivity contribution is 7.71. The van der Waals surface area contributed by atoms with E-state index in [9.17, 15) is 0 Å². The molecule has 3 heterocycles. The molecule has 0 amide bonds. The minimum absolute atomic E-state index is 0.282. The van der Waals surface area contributed by atoms with Gasteiger partial charge in [-0.1, -0.05) is 30.3 Å². The molecule has 0 saturated heterocycles. The number of fused-ring (bicyclic) bond motifs is 1. The van der Waals surface area contributed by atoms with Gasteiger partial charge in [-0.25, -0.2) is 4.68 Å². The molecular weight excluding hydrogens is 348 g/mol. The van der Waals surface area contributed by atoms with E-state index in [-0.39, 0.29) is 6.04 Å². The van der Waals surface area contributed by atoms with Crippen LogP contribution >= 0.6 is 23.6 Å². The molecule has 5 rings (SSSR count). The van der Waals surface area contributed by atoms with Crippen LogP contribution in [0.1, 0.15) is 40.9 Å². The molecule has 0 radical (unpaired) electrons. The van der Waals surface area contributed by atoms with E-state index in [1.54, 1.807) is 0 Å². The van der Waals surface area contributed by atoms with Gasteiger partial charge in [-0.05, 0) is 54.1 Å². The van der Waals surface area contributed by atoms with Crippen molar-refractivity contribution in [3.8, 4) is 0 Å². The summed E-state index contributed by atoms with van der Waals surface area (Å²) in [4.78, 5) is 4.02. The Labute approximate surface area is 156 Å². The van der Waals surface area contributed by atoms with E-state index >= 15 is 0 Å². The van der Waals surface area contributed by atoms with Crippen LogP contribution in [0.5, 0.6) is 0 Å². The second-order valence-corrected chi connectivity index (χ2v) is 8.23. The van der Waals surface area contributed by atoms with Gasteiger partial charge in [0.15, 0.2) is 4.77 Å². The summed E-state index contributed by atoms with van der Waals surface area (Å²) >= 11 is 7.54. The number of aromatic nitrogens is 3. The summed E-state index contributed by atoms with van der Waals surface area (Å²) in [5.41, 5.74) is 2.78. The van der Waals surface area contributed by atoms with Crippen molar-refractivity contribution in [3.63, 3.8) is 0 Å². The lowest BCUT2D eigenvalue weighted by Crippen LogP contribution is -2.37. The van der Waals surface area contributed by atoms with Gasteiger partial charge < -0.3 is 4.57 Å². The highest BCUT2D eigenvalue weighted by atomic mass is 32.1. The maximum atomic E-state index is 5.67. The average molecular weight is 369 g/mol. The smallest absolute Gasteiger partial charge is 0.199 e. The first-order valence-electron chi connectivity index (χ1n) is 8.80. The Hall–Kier alpha value is -1.76. The molecule has 1 saturated carbocycles. The van der Waals surface area contributed by atoms with Crippen LogP contribution in [0.15, 0.2) is 48.1 Å². The van der Waals surface area contributed by atoms with Crippen molar-refractivity contribution in [1.29, 1.82) is 0 Å². The van der Waals surface area contributed by atoms with Crippen LogP contribution in [-0.4, -0.2) is 25.8 Å². The molecular formula is C19H20N4S2.